The van der Waals surface area contributed by atoms with Crippen molar-refractivity contribution in [2.75, 3.05) is 18.0 Å². The average molecular weight is 406 g/mol. The maximum absolute atomic E-state index is 13.9. The quantitative estimate of drug-likeness (QED) is 0.393. The standard InChI is InChI=1S/C20H30FN5O.C2H6/c1-12(2)27-18(14(4)21)8-16(15(5)22)20(23)17-9-19(25-11-24-17)26-7-6-13(3)10-26;1-2/h8-9,11-13,15,23H,6-7,10,22H2,1-5H3;1-2H3/b16-8+,18-14-,23-20?;/t13-,15?;/m1./s1. The number of rotatable bonds is 7. The highest BCUT2D eigenvalue weighted by Crippen LogP contribution is 2.23. The summed E-state index contributed by atoms with van der Waals surface area (Å²) in [5.41, 5.74) is 7.14. The van der Waals surface area contributed by atoms with Crippen molar-refractivity contribution in [1.29, 1.82) is 5.41 Å². The molecule has 2 rings (SSSR count). The van der Waals surface area contributed by atoms with Gasteiger partial charge in [-0.05, 0) is 51.7 Å². The molecule has 1 aromatic rings. The Bertz CT molecular complexity index is 738. The largest absolute Gasteiger partial charge is 0.488 e. The predicted octanol–water partition coefficient (Wildman–Crippen LogP) is 4.62. The van der Waals surface area contributed by atoms with Crippen molar-refractivity contribution in [2.45, 2.75) is 67.0 Å². The first-order valence-electron chi connectivity index (χ1n) is 10.4. The molecule has 1 unspecified atom stereocenters. The lowest BCUT2D eigenvalue weighted by atomic mass is 10.00. The van der Waals surface area contributed by atoms with Crippen molar-refractivity contribution in [3.8, 4) is 0 Å². The lowest BCUT2D eigenvalue weighted by Gasteiger charge is -2.19. The maximum atomic E-state index is 13.9. The van der Waals surface area contributed by atoms with Crippen LogP contribution in [-0.2, 0) is 4.74 Å². The third-order valence-electron chi connectivity index (χ3n) is 4.42. The first-order valence-corrected chi connectivity index (χ1v) is 10.4. The van der Waals surface area contributed by atoms with Gasteiger partial charge in [0.05, 0.1) is 17.5 Å². The average Bonchev–Trinajstić information content (AvgIpc) is 3.12. The van der Waals surface area contributed by atoms with Crippen molar-refractivity contribution in [3.05, 3.63) is 41.3 Å². The summed E-state index contributed by atoms with van der Waals surface area (Å²) in [5, 5.41) is 8.58. The second-order valence-corrected chi connectivity index (χ2v) is 7.43. The molecule has 0 aromatic carbocycles. The van der Waals surface area contributed by atoms with E-state index in [1.165, 1.54) is 19.3 Å². The Balaban J connectivity index is 0.00000204. The Kier molecular flexibility index (Phi) is 9.95. The van der Waals surface area contributed by atoms with Crippen LogP contribution in [0.15, 0.2) is 35.6 Å². The molecule has 1 aromatic heterocycles. The first-order chi connectivity index (χ1) is 13.7. The summed E-state index contributed by atoms with van der Waals surface area (Å²) in [6.45, 7) is 14.8. The van der Waals surface area contributed by atoms with E-state index in [0.29, 0.717) is 17.2 Å². The number of halogens is 1. The van der Waals surface area contributed by atoms with Gasteiger partial charge in [-0.2, -0.15) is 0 Å². The van der Waals surface area contributed by atoms with Crippen LogP contribution in [0.1, 0.15) is 60.6 Å². The Morgan fingerprint density at radius 3 is 2.48 bits per heavy atom. The topological polar surface area (TPSA) is 88.1 Å². The summed E-state index contributed by atoms with van der Waals surface area (Å²) in [4.78, 5) is 10.8. The molecular weight excluding hydrogens is 369 g/mol. The minimum absolute atomic E-state index is 0.0877. The monoisotopic (exact) mass is 405 g/mol. The molecule has 0 saturated carbocycles. The molecule has 1 aliphatic rings. The minimum Gasteiger partial charge on any atom is -0.488 e. The van der Waals surface area contributed by atoms with Gasteiger partial charge < -0.3 is 15.4 Å². The normalized spacial score (nSPS) is 18.8. The molecule has 7 heteroatoms. The fourth-order valence-electron chi connectivity index (χ4n) is 2.99. The number of nitrogens with two attached hydrogens (primary N) is 1. The molecule has 0 bridgehead atoms. The highest BCUT2D eigenvalue weighted by Gasteiger charge is 2.22. The van der Waals surface area contributed by atoms with Crippen LogP contribution in [0, 0.1) is 11.3 Å². The molecule has 1 aliphatic heterocycles. The number of aromatic nitrogens is 2. The number of nitrogens with zero attached hydrogens (tertiary/aromatic N) is 3. The molecule has 0 radical (unpaired) electrons. The fourth-order valence-corrected chi connectivity index (χ4v) is 2.99. The van der Waals surface area contributed by atoms with Crippen LogP contribution in [0.4, 0.5) is 10.2 Å². The van der Waals surface area contributed by atoms with Gasteiger partial charge in [0, 0.05) is 25.2 Å². The van der Waals surface area contributed by atoms with E-state index < -0.39 is 11.9 Å². The molecule has 1 saturated heterocycles. The Hall–Kier alpha value is -2.28. The number of anilines is 1. The van der Waals surface area contributed by atoms with Crippen LogP contribution >= 0.6 is 0 Å². The number of ether oxygens (including phenoxy) is 1. The van der Waals surface area contributed by atoms with Crippen molar-refractivity contribution in [1.82, 2.24) is 9.97 Å². The first kappa shape index (κ1) is 24.8. The van der Waals surface area contributed by atoms with Crippen molar-refractivity contribution >= 4 is 11.5 Å². The summed E-state index contributed by atoms with van der Waals surface area (Å²) in [7, 11) is 0. The van der Waals surface area contributed by atoms with Gasteiger partial charge >= 0.3 is 0 Å². The SMILES string of the molecule is C/C(F)=C(\C=C(\C(=N)c1cc(N2CC[C@@H](C)C2)ncn1)C(C)N)OC(C)C.CC. The smallest absolute Gasteiger partial charge is 0.151 e. The van der Waals surface area contributed by atoms with Gasteiger partial charge in [0.15, 0.2) is 5.76 Å². The van der Waals surface area contributed by atoms with Gasteiger partial charge in [-0.3, -0.25) is 5.41 Å². The van der Waals surface area contributed by atoms with Crippen LogP contribution in [0.25, 0.3) is 0 Å². The van der Waals surface area contributed by atoms with Gasteiger partial charge in [0.2, 0.25) is 0 Å². The molecule has 0 aliphatic carbocycles. The Labute approximate surface area is 174 Å². The van der Waals surface area contributed by atoms with Crippen LogP contribution in [0.2, 0.25) is 0 Å². The molecule has 1 fully saturated rings. The lowest BCUT2D eigenvalue weighted by molar-refractivity contribution is 0.150. The zero-order valence-corrected chi connectivity index (χ0v) is 18.8. The highest BCUT2D eigenvalue weighted by atomic mass is 19.1. The van der Waals surface area contributed by atoms with E-state index in [1.54, 1.807) is 13.0 Å². The van der Waals surface area contributed by atoms with E-state index in [0.717, 1.165) is 25.3 Å². The molecule has 162 valence electrons. The minimum atomic E-state index is -0.479. The van der Waals surface area contributed by atoms with Crippen molar-refractivity contribution in [2.24, 2.45) is 11.7 Å². The molecule has 29 heavy (non-hydrogen) atoms. The van der Waals surface area contributed by atoms with E-state index in [2.05, 4.69) is 21.8 Å². The summed E-state index contributed by atoms with van der Waals surface area (Å²) in [6.07, 6.45) is 3.90. The van der Waals surface area contributed by atoms with Gasteiger partial charge in [0.1, 0.15) is 18.0 Å². The zero-order valence-electron chi connectivity index (χ0n) is 18.8. The Morgan fingerprint density at radius 1 is 1.34 bits per heavy atom. The van der Waals surface area contributed by atoms with E-state index >= 15 is 0 Å². The number of allylic oxidation sites excluding steroid dienone is 2. The van der Waals surface area contributed by atoms with E-state index in [4.69, 9.17) is 15.9 Å². The Morgan fingerprint density at radius 2 is 2.00 bits per heavy atom. The third kappa shape index (κ3) is 7.24. The maximum Gasteiger partial charge on any atom is 0.151 e. The third-order valence-corrected chi connectivity index (χ3v) is 4.42. The predicted molar refractivity (Wildman–Crippen MR) is 118 cm³/mol. The number of nitrogens with one attached hydrogen (secondary N) is 1. The van der Waals surface area contributed by atoms with Crippen molar-refractivity contribution < 1.29 is 9.13 Å². The molecule has 2 atom stereocenters. The van der Waals surface area contributed by atoms with Gasteiger partial charge in [-0.25, -0.2) is 14.4 Å². The second-order valence-electron chi connectivity index (χ2n) is 7.43. The highest BCUT2D eigenvalue weighted by molar-refractivity contribution is 6.10. The van der Waals surface area contributed by atoms with E-state index in [-0.39, 0.29) is 17.6 Å². The summed E-state index contributed by atoms with van der Waals surface area (Å²) >= 11 is 0. The molecule has 3 N–H and O–H groups in total. The summed E-state index contributed by atoms with van der Waals surface area (Å²) < 4.78 is 19.4. The van der Waals surface area contributed by atoms with Crippen LogP contribution < -0.4 is 10.6 Å². The summed E-state index contributed by atoms with van der Waals surface area (Å²) in [5.74, 6) is 1.05. The molecular formula is C22H36FN5O. The van der Waals surface area contributed by atoms with Crippen molar-refractivity contribution in [3.63, 3.8) is 0 Å². The molecule has 0 spiro atoms. The van der Waals surface area contributed by atoms with Crippen LogP contribution in [-0.4, -0.2) is 40.9 Å². The van der Waals surface area contributed by atoms with Gasteiger partial charge in [-0.15, -0.1) is 0 Å². The van der Waals surface area contributed by atoms with Crippen LogP contribution in [0.3, 0.4) is 0 Å². The molecule has 0 amide bonds. The van der Waals surface area contributed by atoms with E-state index in [1.807, 2.05) is 27.7 Å². The number of hydrogen-bond donors (Lipinski definition) is 2. The van der Waals surface area contributed by atoms with E-state index in [9.17, 15) is 4.39 Å². The van der Waals surface area contributed by atoms with Gasteiger partial charge in [0.25, 0.3) is 0 Å². The number of hydrogen-bond acceptors (Lipinski definition) is 6. The second kappa shape index (κ2) is 11.7. The van der Waals surface area contributed by atoms with Crippen LogP contribution in [0.5, 0.6) is 0 Å². The fraction of sp³-hybridized carbons (Fsp3) is 0.591. The molecule has 2 heterocycles. The summed E-state index contributed by atoms with van der Waals surface area (Å²) in [6, 6.07) is 1.32. The molecule has 6 nitrogen and oxygen atoms in total. The van der Waals surface area contributed by atoms with Gasteiger partial charge in [-0.1, -0.05) is 20.8 Å². The lowest BCUT2D eigenvalue weighted by Crippen LogP contribution is -2.26. The zero-order chi connectivity index (χ0) is 22.1.